The molecule has 0 atom stereocenters. The Morgan fingerprint density at radius 1 is 0.923 bits per heavy atom. The van der Waals surface area contributed by atoms with Gasteiger partial charge in [0.1, 0.15) is 5.52 Å². The number of nitrogens with zero attached hydrogens (tertiary/aromatic N) is 1. The summed E-state index contributed by atoms with van der Waals surface area (Å²) in [4.78, 5) is 4.69. The van der Waals surface area contributed by atoms with E-state index in [1.54, 1.807) is 48.5 Å². The Hall–Kier alpha value is -3.12. The third kappa shape index (κ3) is 3.19. The Morgan fingerprint density at radius 3 is 2.50 bits per heavy atom. The molecule has 0 unspecified atom stereocenters. The van der Waals surface area contributed by atoms with E-state index in [0.717, 1.165) is 11.1 Å². The summed E-state index contributed by atoms with van der Waals surface area (Å²) in [5.41, 5.74) is 3.62. The van der Waals surface area contributed by atoms with Crippen molar-refractivity contribution < 1.29 is 12.8 Å². The number of benzene rings is 3. The fourth-order valence-corrected chi connectivity index (χ4v) is 3.78. The molecule has 5 nitrogen and oxygen atoms in total. The first kappa shape index (κ1) is 16.4. The largest absolute Gasteiger partial charge is 0.436 e. The first-order valence-electron chi connectivity index (χ1n) is 8.07. The highest BCUT2D eigenvalue weighted by atomic mass is 32.2. The minimum Gasteiger partial charge on any atom is -0.436 e. The van der Waals surface area contributed by atoms with Crippen LogP contribution in [0.25, 0.3) is 22.6 Å². The Kier molecular flexibility index (Phi) is 3.97. The summed E-state index contributed by atoms with van der Waals surface area (Å²) >= 11 is 0. The van der Waals surface area contributed by atoms with Gasteiger partial charge in [0, 0.05) is 5.56 Å². The smallest absolute Gasteiger partial charge is 0.261 e. The quantitative estimate of drug-likeness (QED) is 0.574. The van der Waals surface area contributed by atoms with Crippen LogP contribution in [0.1, 0.15) is 5.56 Å². The van der Waals surface area contributed by atoms with Crippen LogP contribution in [-0.4, -0.2) is 13.4 Å². The fraction of sp³-hybridized carbons (Fsp3) is 0.0500. The van der Waals surface area contributed by atoms with Gasteiger partial charge in [-0.1, -0.05) is 35.9 Å². The van der Waals surface area contributed by atoms with Gasteiger partial charge in [0.15, 0.2) is 5.58 Å². The molecule has 0 fully saturated rings. The van der Waals surface area contributed by atoms with Gasteiger partial charge >= 0.3 is 0 Å². The van der Waals surface area contributed by atoms with Gasteiger partial charge in [0.25, 0.3) is 10.0 Å². The maximum atomic E-state index is 12.4. The van der Waals surface area contributed by atoms with Gasteiger partial charge < -0.3 is 4.42 Å². The van der Waals surface area contributed by atoms with E-state index >= 15 is 0 Å². The predicted molar refractivity (Wildman–Crippen MR) is 101 cm³/mol. The van der Waals surface area contributed by atoms with Crippen molar-refractivity contribution in [2.45, 2.75) is 11.8 Å². The summed E-state index contributed by atoms with van der Waals surface area (Å²) in [6.45, 7) is 2.00. The van der Waals surface area contributed by atoms with Crippen molar-refractivity contribution in [2.24, 2.45) is 0 Å². The van der Waals surface area contributed by atoms with Gasteiger partial charge in [-0.25, -0.2) is 13.4 Å². The third-order valence-corrected chi connectivity index (χ3v) is 5.36. The van der Waals surface area contributed by atoms with Crippen LogP contribution >= 0.6 is 0 Å². The van der Waals surface area contributed by atoms with Gasteiger partial charge in [-0.3, -0.25) is 4.72 Å². The lowest BCUT2D eigenvalue weighted by Gasteiger charge is -2.07. The molecule has 1 heterocycles. The molecule has 0 aliphatic heterocycles. The molecule has 6 heteroatoms. The van der Waals surface area contributed by atoms with Crippen LogP contribution in [0.15, 0.2) is 82.1 Å². The van der Waals surface area contributed by atoms with Crippen LogP contribution in [0.5, 0.6) is 0 Å². The van der Waals surface area contributed by atoms with E-state index in [1.807, 2.05) is 31.2 Å². The van der Waals surface area contributed by atoms with Crippen LogP contribution in [0.2, 0.25) is 0 Å². The lowest BCUT2D eigenvalue weighted by molar-refractivity contribution is 0.601. The zero-order valence-corrected chi connectivity index (χ0v) is 14.8. The highest BCUT2D eigenvalue weighted by molar-refractivity contribution is 7.92. The molecule has 26 heavy (non-hydrogen) atoms. The normalized spacial score (nSPS) is 11.6. The summed E-state index contributed by atoms with van der Waals surface area (Å²) in [5.74, 6) is 0.506. The molecule has 130 valence electrons. The minimum absolute atomic E-state index is 0.209. The number of hydrogen-bond acceptors (Lipinski definition) is 4. The Bertz CT molecular complexity index is 1180. The lowest BCUT2D eigenvalue weighted by atomic mass is 10.1. The first-order chi connectivity index (χ1) is 12.5. The summed E-state index contributed by atoms with van der Waals surface area (Å²) in [7, 11) is -3.64. The minimum atomic E-state index is -3.64. The standard InChI is InChI=1S/C20H16N2O3S/c1-14-6-5-7-15(12-14)20-21-18-13-16(10-11-19(18)25-20)22-26(23,24)17-8-3-2-4-9-17/h2-13,22H,1H3. The molecule has 0 spiro atoms. The average Bonchev–Trinajstić information content (AvgIpc) is 3.05. The maximum Gasteiger partial charge on any atom is 0.261 e. The van der Waals surface area contributed by atoms with Crippen molar-refractivity contribution in [3.63, 3.8) is 0 Å². The molecule has 1 aromatic heterocycles. The number of sulfonamides is 1. The van der Waals surface area contributed by atoms with Crippen molar-refractivity contribution in [1.82, 2.24) is 4.98 Å². The second-order valence-corrected chi connectivity index (χ2v) is 7.67. The predicted octanol–water partition coefficient (Wildman–Crippen LogP) is 4.60. The molecule has 4 rings (SSSR count). The van der Waals surface area contributed by atoms with Gasteiger partial charge in [-0.2, -0.15) is 0 Å². The maximum absolute atomic E-state index is 12.4. The summed E-state index contributed by atoms with van der Waals surface area (Å²) in [5, 5.41) is 0. The third-order valence-electron chi connectivity index (χ3n) is 3.96. The number of oxazole rings is 1. The van der Waals surface area contributed by atoms with Gasteiger partial charge in [0.05, 0.1) is 10.6 Å². The number of aromatic nitrogens is 1. The number of nitrogens with one attached hydrogen (secondary N) is 1. The highest BCUT2D eigenvalue weighted by Gasteiger charge is 2.15. The monoisotopic (exact) mass is 364 g/mol. The molecule has 0 aliphatic rings. The van der Waals surface area contributed by atoms with Gasteiger partial charge in [0.2, 0.25) is 5.89 Å². The van der Waals surface area contributed by atoms with Crippen LogP contribution in [0.3, 0.4) is 0 Å². The number of aryl methyl sites for hydroxylation is 1. The van der Waals surface area contributed by atoms with Crippen molar-refractivity contribution in [1.29, 1.82) is 0 Å². The number of fused-ring (bicyclic) bond motifs is 1. The van der Waals surface area contributed by atoms with Gasteiger partial charge in [-0.05, 0) is 49.4 Å². The van der Waals surface area contributed by atoms with Crippen LogP contribution in [0.4, 0.5) is 5.69 Å². The van der Waals surface area contributed by atoms with E-state index in [0.29, 0.717) is 22.7 Å². The molecule has 3 aromatic carbocycles. The van der Waals surface area contributed by atoms with Crippen molar-refractivity contribution in [2.75, 3.05) is 4.72 Å². The number of anilines is 1. The first-order valence-corrected chi connectivity index (χ1v) is 9.55. The SMILES string of the molecule is Cc1cccc(-c2nc3cc(NS(=O)(=O)c4ccccc4)ccc3o2)c1. The lowest BCUT2D eigenvalue weighted by Crippen LogP contribution is -2.12. The zero-order chi connectivity index (χ0) is 18.1. The Balaban J connectivity index is 1.68. The van der Waals surface area contributed by atoms with Crippen molar-refractivity contribution in [3.05, 3.63) is 78.4 Å². The fourth-order valence-electron chi connectivity index (χ4n) is 2.71. The van der Waals surface area contributed by atoms with E-state index in [1.165, 1.54) is 0 Å². The molecule has 1 N–H and O–H groups in total. The molecule has 4 aromatic rings. The molecule has 0 aliphatic carbocycles. The van der Waals surface area contributed by atoms with E-state index in [9.17, 15) is 8.42 Å². The Morgan fingerprint density at radius 2 is 1.73 bits per heavy atom. The molecule has 0 bridgehead atoms. The second-order valence-electron chi connectivity index (χ2n) is 5.99. The molecular weight excluding hydrogens is 348 g/mol. The van der Waals surface area contributed by atoms with Crippen LogP contribution < -0.4 is 4.72 Å². The van der Waals surface area contributed by atoms with Crippen molar-refractivity contribution >= 4 is 26.8 Å². The Labute approximate surface area is 151 Å². The van der Waals surface area contributed by atoms with E-state index in [4.69, 9.17) is 4.42 Å². The summed E-state index contributed by atoms with van der Waals surface area (Å²) in [6.07, 6.45) is 0. The second kappa shape index (κ2) is 6.31. The van der Waals surface area contributed by atoms with Crippen LogP contribution in [-0.2, 0) is 10.0 Å². The molecule has 0 amide bonds. The topological polar surface area (TPSA) is 72.2 Å². The zero-order valence-electron chi connectivity index (χ0n) is 14.0. The number of hydrogen-bond donors (Lipinski definition) is 1. The summed E-state index contributed by atoms with van der Waals surface area (Å²) in [6, 6.07) is 21.1. The van der Waals surface area contributed by atoms with Gasteiger partial charge in [-0.15, -0.1) is 0 Å². The molecule has 0 saturated carbocycles. The average molecular weight is 364 g/mol. The molecule has 0 radical (unpaired) electrons. The summed E-state index contributed by atoms with van der Waals surface area (Å²) < 4.78 is 33.3. The van der Waals surface area contributed by atoms with E-state index < -0.39 is 10.0 Å². The molecule has 0 saturated heterocycles. The number of rotatable bonds is 4. The van der Waals surface area contributed by atoms with E-state index in [-0.39, 0.29) is 4.90 Å². The highest BCUT2D eigenvalue weighted by Crippen LogP contribution is 2.27. The van der Waals surface area contributed by atoms with E-state index in [2.05, 4.69) is 9.71 Å². The van der Waals surface area contributed by atoms with Crippen LogP contribution in [0, 0.1) is 6.92 Å². The molecular formula is C20H16N2O3S. The van der Waals surface area contributed by atoms with Crippen molar-refractivity contribution in [3.8, 4) is 11.5 Å².